The molecular formula is C14H21FN2O3S. The van der Waals surface area contributed by atoms with E-state index in [1.165, 1.54) is 23.4 Å². The molecule has 0 aromatic heterocycles. The van der Waals surface area contributed by atoms with Gasteiger partial charge in [-0.25, -0.2) is 12.8 Å². The zero-order chi connectivity index (χ0) is 15.6. The summed E-state index contributed by atoms with van der Waals surface area (Å²) < 4.78 is 45.2. The molecule has 1 aliphatic rings. The number of rotatable bonds is 4. The Morgan fingerprint density at radius 3 is 2.52 bits per heavy atom. The van der Waals surface area contributed by atoms with Crippen LogP contribution in [0.15, 0.2) is 17.0 Å². The first-order valence-electron chi connectivity index (χ1n) is 6.91. The van der Waals surface area contributed by atoms with Gasteiger partial charge in [0.05, 0.1) is 10.6 Å². The summed E-state index contributed by atoms with van der Waals surface area (Å²) in [5, 5.41) is 0. The molecule has 0 unspecified atom stereocenters. The Morgan fingerprint density at radius 1 is 1.38 bits per heavy atom. The van der Waals surface area contributed by atoms with E-state index in [4.69, 9.17) is 10.5 Å². The summed E-state index contributed by atoms with van der Waals surface area (Å²) in [6, 6.07) is 2.53. The lowest BCUT2D eigenvalue weighted by atomic mass is 9.99. The molecule has 0 bridgehead atoms. The second-order valence-electron chi connectivity index (χ2n) is 5.45. The molecule has 0 aliphatic carbocycles. The van der Waals surface area contributed by atoms with Crippen molar-refractivity contribution in [2.45, 2.75) is 24.7 Å². The van der Waals surface area contributed by atoms with Gasteiger partial charge in [-0.3, -0.25) is 0 Å². The Morgan fingerprint density at radius 2 is 2.00 bits per heavy atom. The number of hydrogen-bond donors (Lipinski definition) is 1. The van der Waals surface area contributed by atoms with Crippen molar-refractivity contribution < 1.29 is 17.5 Å². The maximum atomic E-state index is 13.5. The van der Waals surface area contributed by atoms with Crippen LogP contribution in [0.1, 0.15) is 18.4 Å². The Bertz CT molecular complexity index is 588. The average molecular weight is 316 g/mol. The number of hydrogen-bond acceptors (Lipinski definition) is 4. The third kappa shape index (κ3) is 3.36. The topological polar surface area (TPSA) is 72.6 Å². The number of halogens is 1. The summed E-state index contributed by atoms with van der Waals surface area (Å²) in [6.07, 6.45) is 1.53. The van der Waals surface area contributed by atoms with E-state index >= 15 is 0 Å². The zero-order valence-corrected chi connectivity index (χ0v) is 13.1. The standard InChI is InChI=1S/C14H21FN2O3S/c1-10-7-12(8-13(16)14(10)15)21(18,19)17-5-3-11(4-6-17)9-20-2/h7-8,11H,3-6,9,16H2,1-2H3. The van der Waals surface area contributed by atoms with E-state index in [1.807, 2.05) is 0 Å². The predicted octanol–water partition coefficient (Wildman–Crippen LogP) is 1.76. The summed E-state index contributed by atoms with van der Waals surface area (Å²) in [6.45, 7) is 3.06. The summed E-state index contributed by atoms with van der Waals surface area (Å²) in [4.78, 5) is 0.0593. The summed E-state index contributed by atoms with van der Waals surface area (Å²) in [5.74, 6) is -0.172. The average Bonchev–Trinajstić information content (AvgIpc) is 2.45. The molecule has 2 N–H and O–H groups in total. The monoisotopic (exact) mass is 316 g/mol. The van der Waals surface area contributed by atoms with Gasteiger partial charge in [-0.2, -0.15) is 4.31 Å². The van der Waals surface area contributed by atoms with Gasteiger partial charge in [0.15, 0.2) is 0 Å². The number of nitrogens with two attached hydrogens (primary N) is 1. The van der Waals surface area contributed by atoms with E-state index in [0.717, 1.165) is 12.8 Å². The van der Waals surface area contributed by atoms with E-state index in [2.05, 4.69) is 0 Å². The van der Waals surface area contributed by atoms with Crippen molar-refractivity contribution in [2.24, 2.45) is 5.92 Å². The van der Waals surface area contributed by atoms with E-state index < -0.39 is 15.8 Å². The molecule has 0 amide bonds. The van der Waals surface area contributed by atoms with E-state index in [1.54, 1.807) is 7.11 Å². The van der Waals surface area contributed by atoms with Crippen LogP contribution in [-0.4, -0.2) is 39.5 Å². The fourth-order valence-corrected chi connectivity index (χ4v) is 4.20. The van der Waals surface area contributed by atoms with Crippen LogP contribution in [0.5, 0.6) is 0 Å². The number of anilines is 1. The van der Waals surface area contributed by atoms with Gasteiger partial charge in [0.1, 0.15) is 5.82 Å². The van der Waals surface area contributed by atoms with E-state index in [-0.39, 0.29) is 16.1 Å². The number of methoxy groups -OCH3 is 1. The Hall–Kier alpha value is -1.18. The molecule has 1 aromatic carbocycles. The molecule has 1 fully saturated rings. The second kappa shape index (κ2) is 6.29. The number of nitrogens with zero attached hydrogens (tertiary/aromatic N) is 1. The molecule has 0 radical (unpaired) electrons. The normalized spacial score (nSPS) is 18.0. The molecule has 21 heavy (non-hydrogen) atoms. The van der Waals surface area contributed by atoms with Gasteiger partial charge < -0.3 is 10.5 Å². The Labute approximate surface area is 124 Å². The van der Waals surface area contributed by atoms with Gasteiger partial charge in [-0.1, -0.05) is 0 Å². The molecule has 0 saturated carbocycles. The summed E-state index contributed by atoms with van der Waals surface area (Å²) in [7, 11) is -1.97. The van der Waals surface area contributed by atoms with Crippen molar-refractivity contribution in [3.63, 3.8) is 0 Å². The number of nitrogen functional groups attached to an aromatic ring is 1. The molecule has 1 aliphatic heterocycles. The third-order valence-corrected chi connectivity index (χ3v) is 5.75. The molecule has 1 saturated heterocycles. The van der Waals surface area contributed by atoms with Gasteiger partial charge in [0, 0.05) is 26.8 Å². The fraction of sp³-hybridized carbons (Fsp3) is 0.571. The van der Waals surface area contributed by atoms with Crippen molar-refractivity contribution in [3.8, 4) is 0 Å². The minimum atomic E-state index is -3.62. The lowest BCUT2D eigenvalue weighted by molar-refractivity contribution is 0.121. The van der Waals surface area contributed by atoms with Gasteiger partial charge in [-0.05, 0) is 43.4 Å². The molecule has 2 rings (SSSR count). The maximum absolute atomic E-state index is 13.5. The van der Waals surface area contributed by atoms with Crippen LogP contribution in [0.25, 0.3) is 0 Å². The zero-order valence-electron chi connectivity index (χ0n) is 12.3. The lowest BCUT2D eigenvalue weighted by Gasteiger charge is -2.31. The van der Waals surface area contributed by atoms with Crippen molar-refractivity contribution in [3.05, 3.63) is 23.5 Å². The molecular weight excluding hydrogens is 295 g/mol. The SMILES string of the molecule is COCC1CCN(S(=O)(=O)c2cc(C)c(F)c(N)c2)CC1. The molecule has 0 spiro atoms. The van der Waals surface area contributed by atoms with E-state index in [9.17, 15) is 12.8 Å². The highest BCUT2D eigenvalue weighted by molar-refractivity contribution is 7.89. The first-order valence-corrected chi connectivity index (χ1v) is 8.35. The summed E-state index contributed by atoms with van der Waals surface area (Å²) >= 11 is 0. The largest absolute Gasteiger partial charge is 0.396 e. The maximum Gasteiger partial charge on any atom is 0.243 e. The molecule has 1 heterocycles. The third-order valence-electron chi connectivity index (χ3n) is 3.87. The second-order valence-corrected chi connectivity index (χ2v) is 7.38. The van der Waals surface area contributed by atoms with Crippen molar-refractivity contribution in [2.75, 3.05) is 32.5 Å². The molecule has 1 aromatic rings. The Kier molecular flexibility index (Phi) is 4.85. The first-order chi connectivity index (χ1) is 9.86. The first kappa shape index (κ1) is 16.2. The van der Waals surface area contributed by atoms with Gasteiger partial charge >= 0.3 is 0 Å². The van der Waals surface area contributed by atoms with Crippen LogP contribution in [0.3, 0.4) is 0 Å². The number of piperidine rings is 1. The Balaban J connectivity index is 2.20. The van der Waals surface area contributed by atoms with Crippen molar-refractivity contribution in [1.82, 2.24) is 4.31 Å². The number of ether oxygens (including phenoxy) is 1. The quantitative estimate of drug-likeness (QED) is 0.859. The van der Waals surface area contributed by atoms with Gasteiger partial charge in [0.25, 0.3) is 0 Å². The molecule has 118 valence electrons. The minimum Gasteiger partial charge on any atom is -0.396 e. The van der Waals surface area contributed by atoms with Gasteiger partial charge in [0.2, 0.25) is 10.0 Å². The highest BCUT2D eigenvalue weighted by atomic mass is 32.2. The van der Waals surface area contributed by atoms with Crippen LogP contribution in [0.2, 0.25) is 0 Å². The van der Waals surface area contributed by atoms with Crippen LogP contribution >= 0.6 is 0 Å². The number of aryl methyl sites for hydroxylation is 1. The smallest absolute Gasteiger partial charge is 0.243 e. The van der Waals surface area contributed by atoms with Crippen molar-refractivity contribution in [1.29, 1.82) is 0 Å². The van der Waals surface area contributed by atoms with Gasteiger partial charge in [-0.15, -0.1) is 0 Å². The lowest BCUT2D eigenvalue weighted by Crippen LogP contribution is -2.39. The molecule has 0 atom stereocenters. The van der Waals surface area contributed by atoms with Crippen LogP contribution < -0.4 is 5.73 Å². The predicted molar refractivity (Wildman–Crippen MR) is 78.9 cm³/mol. The van der Waals surface area contributed by atoms with Crippen molar-refractivity contribution >= 4 is 15.7 Å². The van der Waals surface area contributed by atoms with Crippen LogP contribution in [0, 0.1) is 18.7 Å². The highest BCUT2D eigenvalue weighted by Crippen LogP contribution is 2.27. The van der Waals surface area contributed by atoms with E-state index in [0.29, 0.717) is 25.6 Å². The summed E-state index contributed by atoms with van der Waals surface area (Å²) in [5.41, 5.74) is 5.64. The molecule has 7 heteroatoms. The number of sulfonamides is 1. The minimum absolute atomic E-state index is 0.0593. The van der Waals surface area contributed by atoms with Crippen LogP contribution in [-0.2, 0) is 14.8 Å². The number of benzene rings is 1. The molecule has 5 nitrogen and oxygen atoms in total. The van der Waals surface area contributed by atoms with Crippen LogP contribution in [0.4, 0.5) is 10.1 Å². The highest BCUT2D eigenvalue weighted by Gasteiger charge is 2.30. The fourth-order valence-electron chi connectivity index (χ4n) is 2.61.